The van der Waals surface area contributed by atoms with Crippen LogP contribution in [-0.4, -0.2) is 0 Å². The van der Waals surface area contributed by atoms with Gasteiger partial charge in [0.25, 0.3) is 0 Å². The molecule has 1 aromatic carbocycles. The van der Waals surface area contributed by atoms with Gasteiger partial charge in [0.15, 0.2) is 0 Å². The zero-order chi connectivity index (χ0) is 14.8. The number of alkyl halides is 3. The fraction of sp³-hybridized carbons (Fsp3) is 0.286. The first-order valence-corrected chi connectivity index (χ1v) is 6.45. The van der Waals surface area contributed by atoms with Crippen LogP contribution in [0.5, 0.6) is 0 Å². The van der Waals surface area contributed by atoms with Crippen LogP contribution in [0.25, 0.3) is 0 Å². The summed E-state index contributed by atoms with van der Waals surface area (Å²) in [5.74, 6) is 1.50. The molecule has 1 N–H and O–H groups in total. The Labute approximate surface area is 119 Å². The van der Waals surface area contributed by atoms with Gasteiger partial charge in [-0.2, -0.15) is 13.2 Å². The summed E-state index contributed by atoms with van der Waals surface area (Å²) in [6, 6.07) is 7.00. The van der Waals surface area contributed by atoms with Gasteiger partial charge in [-0.1, -0.05) is 18.5 Å². The quantitative estimate of drug-likeness (QED) is 0.847. The number of aryl methyl sites for hydroxylation is 1. The Morgan fingerprint density at radius 2 is 1.85 bits per heavy atom. The molecule has 0 fully saturated rings. The van der Waals surface area contributed by atoms with Crippen molar-refractivity contribution in [1.82, 2.24) is 0 Å². The van der Waals surface area contributed by atoms with E-state index in [1.54, 1.807) is 6.07 Å². The van der Waals surface area contributed by atoms with Gasteiger partial charge in [-0.05, 0) is 30.3 Å². The molecule has 6 heteroatoms. The molecule has 2 rings (SSSR count). The van der Waals surface area contributed by atoms with Crippen molar-refractivity contribution in [2.75, 3.05) is 5.32 Å². The minimum absolute atomic E-state index is 0.0380. The zero-order valence-electron chi connectivity index (χ0n) is 10.7. The second-order valence-corrected chi connectivity index (χ2v) is 4.74. The third-order valence-electron chi connectivity index (χ3n) is 2.76. The molecule has 0 radical (unpaired) electrons. The van der Waals surface area contributed by atoms with Crippen molar-refractivity contribution >= 4 is 17.3 Å². The van der Waals surface area contributed by atoms with Gasteiger partial charge in [-0.15, -0.1) is 0 Å². The maximum Gasteiger partial charge on any atom is 0.416 e. The number of halogens is 4. The Morgan fingerprint density at radius 3 is 2.45 bits per heavy atom. The second kappa shape index (κ2) is 5.79. The van der Waals surface area contributed by atoms with Gasteiger partial charge >= 0.3 is 6.18 Å². The highest BCUT2D eigenvalue weighted by atomic mass is 35.5. The van der Waals surface area contributed by atoms with Crippen LogP contribution < -0.4 is 5.32 Å². The van der Waals surface area contributed by atoms with Crippen LogP contribution in [0.15, 0.2) is 34.7 Å². The predicted molar refractivity (Wildman–Crippen MR) is 71.9 cm³/mol. The Bertz CT molecular complexity index is 592. The smallest absolute Gasteiger partial charge is 0.416 e. The molecule has 2 aromatic rings. The lowest BCUT2D eigenvalue weighted by molar-refractivity contribution is -0.137. The van der Waals surface area contributed by atoms with Crippen molar-refractivity contribution in [3.8, 4) is 0 Å². The molecule has 20 heavy (non-hydrogen) atoms. The molecular formula is C14H13ClF3NO. The first-order valence-electron chi connectivity index (χ1n) is 6.07. The van der Waals surface area contributed by atoms with Crippen molar-refractivity contribution in [3.63, 3.8) is 0 Å². The fourth-order valence-corrected chi connectivity index (χ4v) is 1.99. The van der Waals surface area contributed by atoms with Gasteiger partial charge in [0.1, 0.15) is 11.5 Å². The minimum Gasteiger partial charge on any atom is -0.464 e. The van der Waals surface area contributed by atoms with E-state index in [2.05, 4.69) is 5.32 Å². The van der Waals surface area contributed by atoms with Crippen LogP contribution in [0.3, 0.4) is 0 Å². The molecule has 1 heterocycles. The van der Waals surface area contributed by atoms with Crippen LogP contribution in [-0.2, 0) is 19.1 Å². The first kappa shape index (κ1) is 14.8. The molecule has 0 aliphatic carbocycles. The summed E-state index contributed by atoms with van der Waals surface area (Å²) in [7, 11) is 0. The summed E-state index contributed by atoms with van der Waals surface area (Å²) in [6.45, 7) is 2.26. The molecule has 0 amide bonds. The minimum atomic E-state index is -4.42. The molecule has 0 bridgehead atoms. The van der Waals surface area contributed by atoms with E-state index in [0.29, 0.717) is 18.0 Å². The molecule has 0 unspecified atom stereocenters. The summed E-state index contributed by atoms with van der Waals surface area (Å²) in [4.78, 5) is 0. The van der Waals surface area contributed by atoms with Crippen molar-refractivity contribution in [2.45, 2.75) is 26.1 Å². The van der Waals surface area contributed by atoms with E-state index in [1.807, 2.05) is 13.0 Å². The molecule has 0 saturated carbocycles. The van der Waals surface area contributed by atoms with E-state index in [-0.39, 0.29) is 5.02 Å². The first-order chi connectivity index (χ1) is 9.38. The maximum absolute atomic E-state index is 12.7. The summed E-state index contributed by atoms with van der Waals surface area (Å²) in [5, 5.41) is 2.91. The van der Waals surface area contributed by atoms with E-state index in [9.17, 15) is 13.2 Å². The topological polar surface area (TPSA) is 25.2 Å². The lowest BCUT2D eigenvalue weighted by Gasteiger charge is -2.11. The zero-order valence-corrected chi connectivity index (χ0v) is 11.5. The lowest BCUT2D eigenvalue weighted by atomic mass is 10.2. The third kappa shape index (κ3) is 3.70. The van der Waals surface area contributed by atoms with Crippen molar-refractivity contribution in [1.29, 1.82) is 0 Å². The Hall–Kier alpha value is -1.62. The van der Waals surface area contributed by atoms with Gasteiger partial charge < -0.3 is 9.73 Å². The van der Waals surface area contributed by atoms with Crippen LogP contribution in [0.4, 0.5) is 18.9 Å². The standard InChI is InChI=1S/C14H13ClF3NO/c1-2-12-3-4-13(20-12)8-19-11-6-9(14(16,17)18)5-10(15)7-11/h3-7,19H,2,8H2,1H3. The Morgan fingerprint density at radius 1 is 1.15 bits per heavy atom. The van der Waals surface area contributed by atoms with E-state index < -0.39 is 11.7 Å². The molecular weight excluding hydrogens is 291 g/mol. The van der Waals surface area contributed by atoms with Crippen molar-refractivity contribution in [3.05, 3.63) is 52.4 Å². The Balaban J connectivity index is 2.11. The second-order valence-electron chi connectivity index (χ2n) is 4.30. The monoisotopic (exact) mass is 303 g/mol. The van der Waals surface area contributed by atoms with Crippen LogP contribution in [0, 0.1) is 0 Å². The normalized spacial score (nSPS) is 11.7. The van der Waals surface area contributed by atoms with Gasteiger partial charge in [0, 0.05) is 17.1 Å². The molecule has 0 aliphatic rings. The number of hydrogen-bond donors (Lipinski definition) is 1. The van der Waals surface area contributed by atoms with Crippen molar-refractivity contribution in [2.24, 2.45) is 0 Å². The third-order valence-corrected chi connectivity index (χ3v) is 2.98. The average Bonchev–Trinajstić information content (AvgIpc) is 2.82. The average molecular weight is 304 g/mol. The molecule has 0 spiro atoms. The van der Waals surface area contributed by atoms with Gasteiger partial charge in [0.2, 0.25) is 0 Å². The maximum atomic E-state index is 12.7. The number of benzene rings is 1. The van der Waals surface area contributed by atoms with E-state index in [1.165, 1.54) is 6.07 Å². The highest BCUT2D eigenvalue weighted by molar-refractivity contribution is 6.30. The number of rotatable bonds is 4. The molecule has 0 aliphatic heterocycles. The lowest BCUT2D eigenvalue weighted by Crippen LogP contribution is -2.06. The van der Waals surface area contributed by atoms with Crippen LogP contribution in [0.2, 0.25) is 5.02 Å². The number of anilines is 1. The highest BCUT2D eigenvalue weighted by Gasteiger charge is 2.31. The molecule has 0 atom stereocenters. The highest BCUT2D eigenvalue weighted by Crippen LogP contribution is 2.33. The van der Waals surface area contributed by atoms with Gasteiger partial charge in [-0.3, -0.25) is 0 Å². The summed E-state index contributed by atoms with van der Waals surface area (Å²) in [6.07, 6.45) is -3.64. The van der Waals surface area contributed by atoms with Crippen LogP contribution in [0.1, 0.15) is 24.0 Å². The summed E-state index contributed by atoms with van der Waals surface area (Å²) in [5.41, 5.74) is -0.472. The van der Waals surface area contributed by atoms with E-state index in [4.69, 9.17) is 16.0 Å². The number of hydrogen-bond acceptors (Lipinski definition) is 2. The van der Waals surface area contributed by atoms with E-state index >= 15 is 0 Å². The molecule has 108 valence electrons. The molecule has 0 saturated heterocycles. The van der Waals surface area contributed by atoms with E-state index in [0.717, 1.165) is 24.3 Å². The SMILES string of the molecule is CCc1ccc(CNc2cc(Cl)cc(C(F)(F)F)c2)o1. The number of furan rings is 1. The number of nitrogens with one attached hydrogen (secondary N) is 1. The fourth-order valence-electron chi connectivity index (χ4n) is 1.75. The Kier molecular flexibility index (Phi) is 4.28. The van der Waals surface area contributed by atoms with Gasteiger partial charge in [-0.25, -0.2) is 0 Å². The largest absolute Gasteiger partial charge is 0.464 e. The van der Waals surface area contributed by atoms with Gasteiger partial charge in [0.05, 0.1) is 12.1 Å². The predicted octanol–water partition coefficient (Wildman–Crippen LogP) is 5.13. The molecule has 2 nitrogen and oxygen atoms in total. The summed E-state index contributed by atoms with van der Waals surface area (Å²) >= 11 is 5.70. The summed E-state index contributed by atoms with van der Waals surface area (Å²) < 4.78 is 43.4. The van der Waals surface area contributed by atoms with Crippen molar-refractivity contribution < 1.29 is 17.6 Å². The molecule has 1 aromatic heterocycles. The van der Waals surface area contributed by atoms with Crippen LogP contribution >= 0.6 is 11.6 Å².